The molecule has 0 amide bonds. The highest BCUT2D eigenvalue weighted by Crippen LogP contribution is 2.25. The van der Waals surface area contributed by atoms with Crippen molar-refractivity contribution in [3.63, 3.8) is 0 Å². The number of aryl methyl sites for hydroxylation is 3. The van der Waals surface area contributed by atoms with Crippen molar-refractivity contribution in [2.75, 3.05) is 5.88 Å². The Labute approximate surface area is 107 Å². The zero-order chi connectivity index (χ0) is 12.3. The normalized spacial score (nSPS) is 10.8. The Morgan fingerprint density at radius 3 is 2.53 bits per heavy atom. The second-order valence-electron chi connectivity index (χ2n) is 4.01. The standard InChI is InChI=1S/C14H16ClNO/c1-3-11-4-6-12(7-5-11)14-10(2)16-13(17-14)8-9-15/h4-7H,3,8-9H2,1-2H3. The minimum absolute atomic E-state index is 0.536. The first-order valence-corrected chi connectivity index (χ1v) is 6.39. The first kappa shape index (κ1) is 12.2. The third kappa shape index (κ3) is 2.70. The summed E-state index contributed by atoms with van der Waals surface area (Å²) in [5.74, 6) is 2.11. The van der Waals surface area contributed by atoms with E-state index in [0.717, 1.165) is 23.4 Å². The minimum atomic E-state index is 0.536. The van der Waals surface area contributed by atoms with E-state index in [1.165, 1.54) is 5.56 Å². The Kier molecular flexibility index (Phi) is 3.85. The second kappa shape index (κ2) is 5.37. The van der Waals surface area contributed by atoms with Crippen LogP contribution in [0.2, 0.25) is 0 Å². The third-order valence-electron chi connectivity index (χ3n) is 2.77. The van der Waals surface area contributed by atoms with Crippen LogP contribution in [0, 0.1) is 6.92 Å². The second-order valence-corrected chi connectivity index (χ2v) is 4.39. The predicted molar refractivity (Wildman–Crippen MR) is 70.5 cm³/mol. The van der Waals surface area contributed by atoms with Crippen LogP contribution < -0.4 is 0 Å². The van der Waals surface area contributed by atoms with Gasteiger partial charge in [0, 0.05) is 17.9 Å². The highest BCUT2D eigenvalue weighted by atomic mass is 35.5. The smallest absolute Gasteiger partial charge is 0.196 e. The van der Waals surface area contributed by atoms with E-state index < -0.39 is 0 Å². The Hall–Kier alpha value is -1.28. The van der Waals surface area contributed by atoms with Crippen LogP contribution in [0.15, 0.2) is 28.7 Å². The summed E-state index contributed by atoms with van der Waals surface area (Å²) in [6, 6.07) is 8.41. The van der Waals surface area contributed by atoms with Gasteiger partial charge in [0.1, 0.15) is 0 Å². The molecule has 0 N–H and O–H groups in total. The van der Waals surface area contributed by atoms with Gasteiger partial charge in [0.15, 0.2) is 11.7 Å². The maximum Gasteiger partial charge on any atom is 0.196 e. The molecule has 1 aromatic heterocycles. The quantitative estimate of drug-likeness (QED) is 0.766. The Morgan fingerprint density at radius 1 is 1.24 bits per heavy atom. The van der Waals surface area contributed by atoms with E-state index >= 15 is 0 Å². The van der Waals surface area contributed by atoms with Gasteiger partial charge in [-0.1, -0.05) is 31.2 Å². The van der Waals surface area contributed by atoms with Crippen molar-refractivity contribution in [1.29, 1.82) is 0 Å². The molecule has 0 saturated carbocycles. The molecule has 1 aromatic carbocycles. The largest absolute Gasteiger partial charge is 0.440 e. The number of halogens is 1. The summed E-state index contributed by atoms with van der Waals surface area (Å²) in [6.45, 7) is 4.11. The van der Waals surface area contributed by atoms with Crippen LogP contribution >= 0.6 is 11.6 Å². The fourth-order valence-corrected chi connectivity index (χ4v) is 1.96. The summed E-state index contributed by atoms with van der Waals surface area (Å²) in [7, 11) is 0. The molecule has 1 heterocycles. The number of hydrogen-bond acceptors (Lipinski definition) is 2. The van der Waals surface area contributed by atoms with Crippen molar-refractivity contribution in [2.45, 2.75) is 26.7 Å². The number of benzene rings is 1. The van der Waals surface area contributed by atoms with E-state index in [4.69, 9.17) is 16.0 Å². The molecule has 90 valence electrons. The predicted octanol–water partition coefficient (Wildman–Crippen LogP) is 3.99. The van der Waals surface area contributed by atoms with Gasteiger partial charge in [-0.2, -0.15) is 0 Å². The lowest BCUT2D eigenvalue weighted by Crippen LogP contribution is -1.84. The molecule has 0 aliphatic rings. The maximum atomic E-state index is 5.72. The van der Waals surface area contributed by atoms with E-state index in [2.05, 4.69) is 36.2 Å². The molecule has 2 aromatic rings. The number of aromatic nitrogens is 1. The first-order valence-electron chi connectivity index (χ1n) is 5.86. The molecule has 0 saturated heterocycles. The SMILES string of the molecule is CCc1ccc(-c2oc(CCCl)nc2C)cc1. The van der Waals surface area contributed by atoms with Crippen molar-refractivity contribution in [3.05, 3.63) is 41.4 Å². The maximum absolute atomic E-state index is 5.72. The molecule has 0 fully saturated rings. The van der Waals surface area contributed by atoms with Gasteiger partial charge in [0.25, 0.3) is 0 Å². The molecule has 0 radical (unpaired) electrons. The zero-order valence-electron chi connectivity index (χ0n) is 10.2. The van der Waals surface area contributed by atoms with Crippen molar-refractivity contribution in [3.8, 4) is 11.3 Å². The van der Waals surface area contributed by atoms with E-state index in [1.54, 1.807) is 0 Å². The molecule has 2 nitrogen and oxygen atoms in total. The Bertz CT molecular complexity index is 487. The third-order valence-corrected chi connectivity index (χ3v) is 2.96. The molecule has 0 atom stereocenters. The van der Waals surface area contributed by atoms with E-state index in [9.17, 15) is 0 Å². The number of alkyl halides is 1. The summed E-state index contributed by atoms with van der Waals surface area (Å²) in [5, 5.41) is 0. The molecule has 17 heavy (non-hydrogen) atoms. The number of hydrogen-bond donors (Lipinski definition) is 0. The average Bonchev–Trinajstić information content (AvgIpc) is 2.71. The van der Waals surface area contributed by atoms with Gasteiger partial charge >= 0.3 is 0 Å². The summed E-state index contributed by atoms with van der Waals surface area (Å²) in [5.41, 5.74) is 3.33. The van der Waals surface area contributed by atoms with Gasteiger partial charge in [-0.25, -0.2) is 4.98 Å². The molecule has 0 unspecified atom stereocenters. The van der Waals surface area contributed by atoms with E-state index in [-0.39, 0.29) is 0 Å². The molecular formula is C14H16ClNO. The fraction of sp³-hybridized carbons (Fsp3) is 0.357. The molecule has 0 aliphatic carbocycles. The lowest BCUT2D eigenvalue weighted by Gasteiger charge is -2.00. The summed E-state index contributed by atoms with van der Waals surface area (Å²) < 4.78 is 5.72. The first-order chi connectivity index (χ1) is 8.24. The van der Waals surface area contributed by atoms with Crippen LogP contribution in [-0.4, -0.2) is 10.9 Å². The lowest BCUT2D eigenvalue weighted by atomic mass is 10.1. The number of nitrogens with zero attached hydrogens (tertiary/aromatic N) is 1. The van der Waals surface area contributed by atoms with Gasteiger partial charge in [0.2, 0.25) is 0 Å². The van der Waals surface area contributed by atoms with Crippen LogP contribution in [0.1, 0.15) is 24.1 Å². The monoisotopic (exact) mass is 249 g/mol. The number of oxazole rings is 1. The fourth-order valence-electron chi connectivity index (χ4n) is 1.80. The lowest BCUT2D eigenvalue weighted by molar-refractivity contribution is 0.514. The van der Waals surface area contributed by atoms with Crippen molar-refractivity contribution in [2.24, 2.45) is 0 Å². The zero-order valence-corrected chi connectivity index (χ0v) is 10.9. The van der Waals surface area contributed by atoms with Gasteiger partial charge in [-0.05, 0) is 18.9 Å². The topological polar surface area (TPSA) is 26.0 Å². The summed E-state index contributed by atoms with van der Waals surface area (Å²) >= 11 is 5.68. The summed E-state index contributed by atoms with van der Waals surface area (Å²) in [4.78, 5) is 4.37. The van der Waals surface area contributed by atoms with Crippen LogP contribution in [0.3, 0.4) is 0 Å². The highest BCUT2D eigenvalue weighted by molar-refractivity contribution is 6.17. The van der Waals surface area contributed by atoms with Gasteiger partial charge in [-0.3, -0.25) is 0 Å². The van der Waals surface area contributed by atoms with E-state index in [1.807, 2.05) is 6.92 Å². The van der Waals surface area contributed by atoms with Gasteiger partial charge < -0.3 is 4.42 Å². The molecule has 2 rings (SSSR count). The highest BCUT2D eigenvalue weighted by Gasteiger charge is 2.10. The minimum Gasteiger partial charge on any atom is -0.440 e. The van der Waals surface area contributed by atoms with Crippen molar-refractivity contribution in [1.82, 2.24) is 4.98 Å². The molecule has 0 spiro atoms. The van der Waals surface area contributed by atoms with Crippen molar-refractivity contribution < 1.29 is 4.42 Å². The van der Waals surface area contributed by atoms with Gasteiger partial charge in [0.05, 0.1) is 5.69 Å². The van der Waals surface area contributed by atoms with Crippen LogP contribution in [-0.2, 0) is 12.8 Å². The van der Waals surface area contributed by atoms with E-state index in [0.29, 0.717) is 18.2 Å². The van der Waals surface area contributed by atoms with Crippen LogP contribution in [0.4, 0.5) is 0 Å². The van der Waals surface area contributed by atoms with Crippen LogP contribution in [0.25, 0.3) is 11.3 Å². The molecule has 0 bridgehead atoms. The average molecular weight is 250 g/mol. The molecule has 3 heteroatoms. The molecule has 0 aliphatic heterocycles. The Morgan fingerprint density at radius 2 is 1.94 bits per heavy atom. The van der Waals surface area contributed by atoms with Crippen molar-refractivity contribution >= 4 is 11.6 Å². The van der Waals surface area contributed by atoms with Crippen LogP contribution in [0.5, 0.6) is 0 Å². The number of rotatable bonds is 4. The molecular weight excluding hydrogens is 234 g/mol. The Balaban J connectivity index is 2.31. The summed E-state index contributed by atoms with van der Waals surface area (Å²) in [6.07, 6.45) is 1.72. The van der Waals surface area contributed by atoms with Gasteiger partial charge in [-0.15, -0.1) is 11.6 Å².